The predicted octanol–water partition coefficient (Wildman–Crippen LogP) is 3.83. The molecule has 2 aromatic heterocycles. The average molecular weight is 397 g/mol. The Balaban J connectivity index is 1.50. The summed E-state index contributed by atoms with van der Waals surface area (Å²) in [4.78, 5) is 15.4. The number of H-pyrrole nitrogens is 1. The van der Waals surface area contributed by atoms with E-state index in [4.69, 9.17) is 5.10 Å². The molecule has 2 aromatic carbocycles. The number of fused-ring (bicyclic) bond motifs is 1. The monoisotopic (exact) mass is 397 g/mol. The molecule has 0 saturated carbocycles. The maximum Gasteiger partial charge on any atom is 0.258 e. The van der Waals surface area contributed by atoms with E-state index in [0.29, 0.717) is 25.2 Å². The maximum absolute atomic E-state index is 13.5. The highest BCUT2D eigenvalue weighted by Gasteiger charge is 2.27. The number of rotatable bonds is 4. The minimum absolute atomic E-state index is 0.0109. The van der Waals surface area contributed by atoms with Crippen molar-refractivity contribution in [2.45, 2.75) is 26.4 Å². The highest BCUT2D eigenvalue weighted by molar-refractivity contribution is 6.00. The van der Waals surface area contributed by atoms with Gasteiger partial charge in [0.2, 0.25) is 0 Å². The Labute approximate surface area is 175 Å². The van der Waals surface area contributed by atoms with Gasteiger partial charge in [-0.15, -0.1) is 0 Å². The van der Waals surface area contributed by atoms with Crippen molar-refractivity contribution in [3.8, 4) is 11.3 Å². The van der Waals surface area contributed by atoms with Crippen LogP contribution < -0.4 is 0 Å². The Morgan fingerprint density at radius 2 is 1.90 bits per heavy atom. The molecule has 0 aliphatic carbocycles. The zero-order chi connectivity index (χ0) is 20.5. The van der Waals surface area contributed by atoms with Crippen molar-refractivity contribution in [2.24, 2.45) is 0 Å². The zero-order valence-electron chi connectivity index (χ0n) is 16.9. The summed E-state index contributed by atoms with van der Waals surface area (Å²) >= 11 is 0. The van der Waals surface area contributed by atoms with E-state index in [-0.39, 0.29) is 5.91 Å². The van der Waals surface area contributed by atoms with E-state index in [1.165, 1.54) is 5.56 Å². The topological polar surface area (TPSA) is 66.8 Å². The van der Waals surface area contributed by atoms with E-state index in [1.807, 2.05) is 52.3 Å². The maximum atomic E-state index is 13.5. The molecule has 0 atom stereocenters. The van der Waals surface area contributed by atoms with Crippen LogP contribution in [-0.2, 0) is 19.5 Å². The second-order valence-electron chi connectivity index (χ2n) is 7.79. The van der Waals surface area contributed by atoms with Crippen LogP contribution in [0, 0.1) is 6.92 Å². The lowest BCUT2D eigenvalue weighted by molar-refractivity contribution is 0.0735. The van der Waals surface area contributed by atoms with Crippen LogP contribution in [0.2, 0.25) is 0 Å². The van der Waals surface area contributed by atoms with Gasteiger partial charge < -0.3 is 4.90 Å². The van der Waals surface area contributed by atoms with Gasteiger partial charge in [0.05, 0.1) is 18.3 Å². The number of hydrogen-bond acceptors (Lipinski definition) is 3. The van der Waals surface area contributed by atoms with Gasteiger partial charge in [-0.25, -0.2) is 0 Å². The number of carbonyl (C=O) groups is 1. The lowest BCUT2D eigenvalue weighted by Crippen LogP contribution is -2.35. The van der Waals surface area contributed by atoms with Crippen LogP contribution in [0.5, 0.6) is 0 Å². The summed E-state index contributed by atoms with van der Waals surface area (Å²) in [5, 5.41) is 11.9. The molecule has 150 valence electrons. The molecule has 6 heteroatoms. The summed E-state index contributed by atoms with van der Waals surface area (Å²) in [7, 11) is 0. The number of nitrogens with zero attached hydrogens (tertiary/aromatic N) is 4. The molecule has 1 N–H and O–H groups in total. The van der Waals surface area contributed by atoms with Crippen molar-refractivity contribution in [3.05, 3.63) is 94.9 Å². The van der Waals surface area contributed by atoms with Crippen molar-refractivity contribution in [3.63, 3.8) is 0 Å². The molecule has 1 amide bonds. The lowest BCUT2D eigenvalue weighted by Gasteiger charge is -2.26. The number of benzene rings is 2. The summed E-state index contributed by atoms with van der Waals surface area (Å²) in [6.07, 6.45) is 4.49. The van der Waals surface area contributed by atoms with Gasteiger partial charge in [0.15, 0.2) is 0 Å². The second-order valence-corrected chi connectivity index (χ2v) is 7.79. The first-order valence-electron chi connectivity index (χ1n) is 10.2. The van der Waals surface area contributed by atoms with Gasteiger partial charge >= 0.3 is 0 Å². The van der Waals surface area contributed by atoms with Crippen LogP contribution in [0.15, 0.2) is 67.0 Å². The molecule has 1 aliphatic heterocycles. The van der Waals surface area contributed by atoms with E-state index < -0.39 is 0 Å². The third kappa shape index (κ3) is 3.52. The standard InChI is InChI=1S/C24H23N5O/c1-17-7-9-19(10-8-17)23-21(16-29(27-23)14-18-5-3-2-4-6-18)24(30)28-12-11-22-20(15-28)13-25-26-22/h2-10,13,16H,11-12,14-15H2,1H3,(H,25,26). The Kier molecular flexibility index (Phi) is 4.67. The van der Waals surface area contributed by atoms with E-state index in [1.54, 1.807) is 0 Å². The molecule has 0 spiro atoms. The van der Waals surface area contributed by atoms with Crippen molar-refractivity contribution < 1.29 is 4.79 Å². The number of carbonyl (C=O) groups excluding carboxylic acids is 1. The molecule has 1 aliphatic rings. The van der Waals surface area contributed by atoms with Crippen LogP contribution in [-0.4, -0.2) is 37.3 Å². The molecule has 0 saturated heterocycles. The number of aryl methyl sites for hydroxylation is 1. The summed E-state index contributed by atoms with van der Waals surface area (Å²) in [5.74, 6) is 0.0109. The van der Waals surface area contributed by atoms with Gasteiger partial charge in [-0.05, 0) is 12.5 Å². The highest BCUT2D eigenvalue weighted by atomic mass is 16.2. The van der Waals surface area contributed by atoms with Gasteiger partial charge in [-0.3, -0.25) is 14.6 Å². The smallest absolute Gasteiger partial charge is 0.258 e. The molecule has 0 bridgehead atoms. The van der Waals surface area contributed by atoms with Crippen LogP contribution in [0.4, 0.5) is 0 Å². The first-order valence-corrected chi connectivity index (χ1v) is 10.2. The van der Waals surface area contributed by atoms with Crippen molar-refractivity contribution in [1.29, 1.82) is 0 Å². The molecule has 0 fully saturated rings. The van der Waals surface area contributed by atoms with E-state index in [9.17, 15) is 4.79 Å². The van der Waals surface area contributed by atoms with Crippen LogP contribution in [0.1, 0.15) is 32.7 Å². The van der Waals surface area contributed by atoms with Gasteiger partial charge in [0.25, 0.3) is 5.91 Å². The van der Waals surface area contributed by atoms with Gasteiger partial charge in [0.1, 0.15) is 5.69 Å². The normalized spacial score (nSPS) is 13.3. The van der Waals surface area contributed by atoms with Crippen molar-refractivity contribution in [2.75, 3.05) is 6.54 Å². The van der Waals surface area contributed by atoms with Gasteiger partial charge in [-0.2, -0.15) is 10.2 Å². The SMILES string of the molecule is Cc1ccc(-c2nn(Cc3ccccc3)cc2C(=O)N2CCc3[nH]ncc3C2)cc1. The van der Waals surface area contributed by atoms with Crippen LogP contribution in [0.3, 0.4) is 0 Å². The fraction of sp³-hybridized carbons (Fsp3) is 0.208. The Morgan fingerprint density at radius 3 is 2.70 bits per heavy atom. The summed E-state index contributed by atoms with van der Waals surface area (Å²) in [6, 6.07) is 18.3. The zero-order valence-corrected chi connectivity index (χ0v) is 16.9. The largest absolute Gasteiger partial charge is 0.334 e. The number of amides is 1. The minimum atomic E-state index is 0.0109. The first kappa shape index (κ1) is 18.4. The average Bonchev–Trinajstić information content (AvgIpc) is 3.41. The lowest BCUT2D eigenvalue weighted by atomic mass is 10.0. The summed E-state index contributed by atoms with van der Waals surface area (Å²) in [5.41, 5.74) is 6.86. The van der Waals surface area contributed by atoms with Crippen molar-refractivity contribution >= 4 is 5.91 Å². The summed E-state index contributed by atoms with van der Waals surface area (Å²) < 4.78 is 1.87. The minimum Gasteiger partial charge on any atom is -0.334 e. The molecular formula is C24H23N5O. The molecule has 3 heterocycles. The number of nitrogens with one attached hydrogen (secondary N) is 1. The Bertz CT molecular complexity index is 1170. The highest BCUT2D eigenvalue weighted by Crippen LogP contribution is 2.26. The van der Waals surface area contributed by atoms with Gasteiger partial charge in [-0.1, -0.05) is 60.2 Å². The van der Waals surface area contributed by atoms with Crippen LogP contribution in [0.25, 0.3) is 11.3 Å². The molecule has 6 nitrogen and oxygen atoms in total. The first-order chi connectivity index (χ1) is 14.7. The predicted molar refractivity (Wildman–Crippen MR) is 115 cm³/mol. The second kappa shape index (κ2) is 7.63. The van der Waals surface area contributed by atoms with Gasteiger partial charge in [0, 0.05) is 42.5 Å². The molecule has 30 heavy (non-hydrogen) atoms. The molecule has 5 rings (SSSR count). The Hall–Kier alpha value is -3.67. The number of aromatic amines is 1. The van der Waals surface area contributed by atoms with Crippen molar-refractivity contribution in [1.82, 2.24) is 24.9 Å². The van der Waals surface area contributed by atoms with Crippen LogP contribution >= 0.6 is 0 Å². The van der Waals surface area contributed by atoms with E-state index in [0.717, 1.165) is 34.5 Å². The fourth-order valence-corrected chi connectivity index (χ4v) is 3.92. The molecule has 0 radical (unpaired) electrons. The third-order valence-electron chi connectivity index (χ3n) is 5.59. The molecule has 4 aromatic rings. The summed E-state index contributed by atoms with van der Waals surface area (Å²) in [6.45, 7) is 3.92. The molecule has 0 unspecified atom stereocenters. The third-order valence-corrected chi connectivity index (χ3v) is 5.59. The fourth-order valence-electron chi connectivity index (χ4n) is 3.92. The van der Waals surface area contributed by atoms with E-state index >= 15 is 0 Å². The quantitative estimate of drug-likeness (QED) is 0.569. The Morgan fingerprint density at radius 1 is 1.10 bits per heavy atom. The number of hydrogen-bond donors (Lipinski definition) is 1. The van der Waals surface area contributed by atoms with E-state index in [2.05, 4.69) is 41.4 Å². The number of aromatic nitrogens is 4. The molecular weight excluding hydrogens is 374 g/mol.